The topological polar surface area (TPSA) is 0 Å². The molecule has 18 heavy (non-hydrogen) atoms. The minimum atomic E-state index is 0.289. The van der Waals surface area contributed by atoms with Gasteiger partial charge in [-0.1, -0.05) is 91.4 Å². The molecule has 0 fully saturated rings. The molecule has 0 nitrogen and oxygen atoms in total. The van der Waals surface area contributed by atoms with Gasteiger partial charge in [-0.15, -0.1) is 0 Å². The Balaban J connectivity index is 3.34. The van der Waals surface area contributed by atoms with Crippen molar-refractivity contribution in [3.63, 3.8) is 0 Å². The molecule has 0 radical (unpaired) electrons. The Morgan fingerprint density at radius 3 is 1.39 bits per heavy atom. The van der Waals surface area contributed by atoms with E-state index in [9.17, 15) is 0 Å². The highest BCUT2D eigenvalue weighted by Gasteiger charge is 2.17. The maximum Gasteiger partial charge on any atom is 0.0101 e. The van der Waals surface area contributed by atoms with E-state index in [-0.39, 0.29) is 4.75 Å². The van der Waals surface area contributed by atoms with E-state index < -0.39 is 0 Å². The summed E-state index contributed by atoms with van der Waals surface area (Å²) in [6.07, 6.45) is 17.9. The lowest BCUT2D eigenvalue weighted by atomic mass is 9.95. The fourth-order valence-electron chi connectivity index (χ4n) is 2.52. The first-order valence-corrected chi connectivity index (χ1v) is 8.79. The van der Waals surface area contributed by atoms with Crippen LogP contribution >= 0.6 is 12.6 Å². The summed E-state index contributed by atoms with van der Waals surface area (Å²) in [5.41, 5.74) is 0. The molecule has 0 spiro atoms. The van der Waals surface area contributed by atoms with Gasteiger partial charge in [0.05, 0.1) is 0 Å². The van der Waals surface area contributed by atoms with E-state index >= 15 is 0 Å². The lowest BCUT2D eigenvalue weighted by Crippen LogP contribution is -2.16. The van der Waals surface area contributed by atoms with Gasteiger partial charge in [-0.25, -0.2) is 0 Å². The molecule has 0 aliphatic rings. The van der Waals surface area contributed by atoms with Gasteiger partial charge in [0.1, 0.15) is 0 Å². The molecule has 0 aromatic rings. The van der Waals surface area contributed by atoms with Gasteiger partial charge in [-0.2, -0.15) is 12.6 Å². The largest absolute Gasteiger partial charge is 0.173 e. The Hall–Kier alpha value is 0.350. The Labute approximate surface area is 122 Å². The van der Waals surface area contributed by atoms with Crippen molar-refractivity contribution in [3.05, 3.63) is 0 Å². The van der Waals surface area contributed by atoms with E-state index in [0.29, 0.717) is 0 Å². The molecule has 1 heteroatoms. The number of thiol groups is 1. The second-order valence-corrected chi connectivity index (χ2v) is 7.26. The first-order valence-electron chi connectivity index (χ1n) is 8.34. The minimum Gasteiger partial charge on any atom is -0.173 e. The van der Waals surface area contributed by atoms with E-state index in [1.807, 2.05) is 0 Å². The third-order valence-corrected chi connectivity index (χ3v) is 4.34. The summed E-state index contributed by atoms with van der Waals surface area (Å²) < 4.78 is 0.289. The first-order chi connectivity index (χ1) is 8.62. The summed E-state index contributed by atoms with van der Waals surface area (Å²) in [5.74, 6) is 0. The van der Waals surface area contributed by atoms with Crippen LogP contribution in [0.4, 0.5) is 0 Å². The van der Waals surface area contributed by atoms with Gasteiger partial charge in [0, 0.05) is 4.75 Å². The smallest absolute Gasteiger partial charge is 0.0101 e. The summed E-state index contributed by atoms with van der Waals surface area (Å²) in [6, 6.07) is 0. The summed E-state index contributed by atoms with van der Waals surface area (Å²) in [7, 11) is 0. The van der Waals surface area contributed by atoms with Crippen LogP contribution in [0.3, 0.4) is 0 Å². The predicted molar refractivity (Wildman–Crippen MR) is 88.8 cm³/mol. The number of hydrogen-bond donors (Lipinski definition) is 1. The molecule has 0 N–H and O–H groups in total. The van der Waals surface area contributed by atoms with Crippen molar-refractivity contribution < 1.29 is 0 Å². The van der Waals surface area contributed by atoms with Gasteiger partial charge in [-0.3, -0.25) is 0 Å². The van der Waals surface area contributed by atoms with E-state index in [0.717, 1.165) is 0 Å². The van der Waals surface area contributed by atoms with Crippen LogP contribution in [0.15, 0.2) is 0 Å². The van der Waals surface area contributed by atoms with E-state index in [2.05, 4.69) is 20.8 Å². The quantitative estimate of drug-likeness (QED) is 0.277. The van der Waals surface area contributed by atoms with Crippen LogP contribution < -0.4 is 0 Å². The molecular weight excluding hydrogens is 236 g/mol. The average molecular weight is 273 g/mol. The number of rotatable bonds is 13. The van der Waals surface area contributed by atoms with Crippen molar-refractivity contribution in [1.29, 1.82) is 0 Å². The van der Waals surface area contributed by atoms with E-state index in [1.54, 1.807) is 0 Å². The van der Waals surface area contributed by atoms with Crippen molar-refractivity contribution in [2.45, 2.75) is 109 Å². The van der Waals surface area contributed by atoms with Crippen LogP contribution in [-0.2, 0) is 0 Å². The molecule has 0 heterocycles. The highest BCUT2D eigenvalue weighted by molar-refractivity contribution is 7.81. The molecule has 0 saturated heterocycles. The molecule has 1 unspecified atom stereocenters. The monoisotopic (exact) mass is 272 g/mol. The average Bonchev–Trinajstić information content (AvgIpc) is 2.34. The lowest BCUT2D eigenvalue weighted by Gasteiger charge is -2.23. The van der Waals surface area contributed by atoms with E-state index in [4.69, 9.17) is 12.6 Å². The summed E-state index contributed by atoms with van der Waals surface area (Å²) in [6.45, 7) is 6.89. The Morgan fingerprint density at radius 1 is 0.611 bits per heavy atom. The highest BCUT2D eigenvalue weighted by Crippen LogP contribution is 2.28. The molecule has 1 atom stereocenters. The summed E-state index contributed by atoms with van der Waals surface area (Å²) in [5, 5.41) is 0. The van der Waals surface area contributed by atoms with Crippen molar-refractivity contribution in [2.75, 3.05) is 0 Å². The second kappa shape index (κ2) is 12.4. The van der Waals surface area contributed by atoms with Crippen LogP contribution in [-0.4, -0.2) is 4.75 Å². The van der Waals surface area contributed by atoms with Gasteiger partial charge in [0.15, 0.2) is 0 Å². The maximum atomic E-state index is 4.85. The van der Waals surface area contributed by atoms with Gasteiger partial charge in [-0.05, 0) is 12.8 Å². The predicted octanol–water partition coefficient (Wildman–Crippen LogP) is 6.79. The molecule has 0 aliphatic heterocycles. The van der Waals surface area contributed by atoms with Crippen LogP contribution in [0, 0.1) is 0 Å². The Bertz CT molecular complexity index is 163. The van der Waals surface area contributed by atoms with Gasteiger partial charge in [0.2, 0.25) is 0 Å². The first kappa shape index (κ1) is 18.4. The molecule has 0 bridgehead atoms. The van der Waals surface area contributed by atoms with Crippen LogP contribution in [0.1, 0.15) is 104 Å². The molecule has 0 amide bonds. The zero-order chi connectivity index (χ0) is 13.7. The van der Waals surface area contributed by atoms with Crippen LogP contribution in [0.5, 0.6) is 0 Å². The molecular formula is C17H36S. The maximum absolute atomic E-state index is 4.85. The Morgan fingerprint density at radius 2 is 0.944 bits per heavy atom. The molecule has 0 saturated carbocycles. The van der Waals surface area contributed by atoms with Crippen molar-refractivity contribution in [2.24, 2.45) is 0 Å². The molecule has 0 aliphatic carbocycles. The summed E-state index contributed by atoms with van der Waals surface area (Å²) >= 11 is 4.85. The molecule has 0 aromatic heterocycles. The summed E-state index contributed by atoms with van der Waals surface area (Å²) in [4.78, 5) is 0. The molecule has 0 aromatic carbocycles. The molecule has 0 rings (SSSR count). The Kier molecular flexibility index (Phi) is 12.6. The highest BCUT2D eigenvalue weighted by atomic mass is 32.1. The van der Waals surface area contributed by atoms with Gasteiger partial charge >= 0.3 is 0 Å². The second-order valence-electron chi connectivity index (χ2n) is 6.18. The van der Waals surface area contributed by atoms with Crippen molar-refractivity contribution >= 4 is 12.6 Å². The zero-order valence-corrected chi connectivity index (χ0v) is 14.0. The standard InChI is InChI=1S/C17H36S/c1-4-6-8-10-11-12-14-16-17(3,18)15-13-9-7-5-2/h18H,4-16H2,1-3H3. The third kappa shape index (κ3) is 12.8. The lowest BCUT2D eigenvalue weighted by molar-refractivity contribution is 0.472. The minimum absolute atomic E-state index is 0.289. The fraction of sp³-hybridized carbons (Fsp3) is 1.00. The van der Waals surface area contributed by atoms with Crippen molar-refractivity contribution in [1.82, 2.24) is 0 Å². The van der Waals surface area contributed by atoms with Crippen LogP contribution in [0.25, 0.3) is 0 Å². The SMILES string of the molecule is CCCCCCCCCC(C)(S)CCCCCC. The number of unbranched alkanes of at least 4 members (excludes halogenated alkanes) is 9. The van der Waals surface area contributed by atoms with Gasteiger partial charge in [0.25, 0.3) is 0 Å². The normalized spacial score (nSPS) is 14.7. The van der Waals surface area contributed by atoms with Crippen molar-refractivity contribution in [3.8, 4) is 0 Å². The van der Waals surface area contributed by atoms with Crippen LogP contribution in [0.2, 0.25) is 0 Å². The number of hydrogen-bond acceptors (Lipinski definition) is 1. The third-order valence-electron chi connectivity index (χ3n) is 3.89. The zero-order valence-electron chi connectivity index (χ0n) is 13.1. The van der Waals surface area contributed by atoms with Gasteiger partial charge < -0.3 is 0 Å². The fourth-order valence-corrected chi connectivity index (χ4v) is 2.84. The molecule has 110 valence electrons. The van der Waals surface area contributed by atoms with E-state index in [1.165, 1.54) is 83.5 Å².